The van der Waals surface area contributed by atoms with Crippen LogP contribution < -0.4 is 5.32 Å². The number of anilines is 2. The third kappa shape index (κ3) is 3.26. The molecule has 0 aliphatic heterocycles. The molecule has 0 spiro atoms. The van der Waals surface area contributed by atoms with Gasteiger partial charge in [-0.2, -0.15) is 10.4 Å². The lowest BCUT2D eigenvalue weighted by molar-refractivity contribution is 0.815. The van der Waals surface area contributed by atoms with Gasteiger partial charge in [0, 0.05) is 29.4 Å². The topological polar surface area (TPSA) is 92.3 Å². The highest BCUT2D eigenvalue weighted by atomic mass is 35.5. The van der Waals surface area contributed by atoms with Gasteiger partial charge >= 0.3 is 0 Å². The van der Waals surface area contributed by atoms with Gasteiger partial charge in [0.1, 0.15) is 29.7 Å². The first-order valence-corrected chi connectivity index (χ1v) is 9.06. The zero-order valence-corrected chi connectivity index (χ0v) is 16.0. The SMILES string of the molecule is CC(C)c1cc(Nc2cc3c(cn2)cnn3-c2c(Cl)cccc2C#N)ncn1. The molecule has 1 N–H and O–H groups in total. The molecule has 0 radical (unpaired) electrons. The number of fused-ring (bicyclic) bond motifs is 1. The number of para-hydroxylation sites is 1. The lowest BCUT2D eigenvalue weighted by Crippen LogP contribution is -2.02. The molecule has 0 unspecified atom stereocenters. The maximum absolute atomic E-state index is 9.45. The van der Waals surface area contributed by atoms with Crippen LogP contribution in [0.25, 0.3) is 16.6 Å². The van der Waals surface area contributed by atoms with Crippen LogP contribution in [0.15, 0.2) is 49.1 Å². The summed E-state index contributed by atoms with van der Waals surface area (Å²) in [5.74, 6) is 1.56. The van der Waals surface area contributed by atoms with Gasteiger partial charge in [-0.05, 0) is 18.1 Å². The molecule has 0 aliphatic carbocycles. The molecule has 3 heterocycles. The minimum absolute atomic E-state index is 0.296. The van der Waals surface area contributed by atoms with Crippen molar-refractivity contribution >= 4 is 34.1 Å². The number of benzene rings is 1. The van der Waals surface area contributed by atoms with Gasteiger partial charge in [-0.3, -0.25) is 0 Å². The Morgan fingerprint density at radius 1 is 1.11 bits per heavy atom. The van der Waals surface area contributed by atoms with E-state index >= 15 is 0 Å². The predicted octanol–water partition coefficient (Wildman–Crippen LogP) is 4.60. The Balaban J connectivity index is 1.78. The van der Waals surface area contributed by atoms with E-state index in [1.54, 1.807) is 35.3 Å². The van der Waals surface area contributed by atoms with Crippen LogP contribution in [0.4, 0.5) is 11.6 Å². The summed E-state index contributed by atoms with van der Waals surface area (Å²) in [6, 6.07) is 11.1. The van der Waals surface area contributed by atoms with Crippen molar-refractivity contribution in [2.24, 2.45) is 0 Å². The number of hydrogen-bond acceptors (Lipinski definition) is 6. The summed E-state index contributed by atoms with van der Waals surface area (Å²) in [7, 11) is 0. The lowest BCUT2D eigenvalue weighted by atomic mass is 10.1. The van der Waals surface area contributed by atoms with Crippen molar-refractivity contribution in [1.82, 2.24) is 24.7 Å². The van der Waals surface area contributed by atoms with E-state index in [2.05, 4.69) is 45.3 Å². The van der Waals surface area contributed by atoms with E-state index in [9.17, 15) is 5.26 Å². The molecular weight excluding hydrogens is 374 g/mol. The molecule has 4 aromatic rings. The summed E-state index contributed by atoms with van der Waals surface area (Å²) in [5, 5.41) is 18.3. The van der Waals surface area contributed by atoms with Crippen molar-refractivity contribution in [2.45, 2.75) is 19.8 Å². The van der Waals surface area contributed by atoms with Gasteiger partial charge in [-0.1, -0.05) is 31.5 Å². The Hall–Kier alpha value is -3.50. The minimum atomic E-state index is 0.296. The lowest BCUT2D eigenvalue weighted by Gasteiger charge is -2.10. The second-order valence-electron chi connectivity index (χ2n) is 6.54. The molecule has 1 aromatic carbocycles. The molecular formula is C20H16ClN7. The highest BCUT2D eigenvalue weighted by Crippen LogP contribution is 2.28. The first kappa shape index (κ1) is 17.9. The average Bonchev–Trinajstić information content (AvgIpc) is 3.10. The molecule has 8 heteroatoms. The zero-order valence-electron chi connectivity index (χ0n) is 15.3. The predicted molar refractivity (Wildman–Crippen MR) is 108 cm³/mol. The number of rotatable bonds is 4. The summed E-state index contributed by atoms with van der Waals surface area (Å²) in [5.41, 5.74) is 2.71. The summed E-state index contributed by atoms with van der Waals surface area (Å²) >= 11 is 6.36. The molecule has 0 atom stereocenters. The second-order valence-corrected chi connectivity index (χ2v) is 6.95. The number of hydrogen-bond donors (Lipinski definition) is 1. The van der Waals surface area contributed by atoms with Crippen LogP contribution in [0.2, 0.25) is 5.02 Å². The Kier molecular flexibility index (Phi) is 4.63. The van der Waals surface area contributed by atoms with Crippen LogP contribution in [0, 0.1) is 11.3 Å². The fourth-order valence-corrected chi connectivity index (χ4v) is 3.13. The van der Waals surface area contributed by atoms with Gasteiger partial charge in [0.2, 0.25) is 0 Å². The van der Waals surface area contributed by atoms with E-state index < -0.39 is 0 Å². The highest BCUT2D eigenvalue weighted by molar-refractivity contribution is 6.32. The largest absolute Gasteiger partial charge is 0.325 e. The minimum Gasteiger partial charge on any atom is -0.325 e. The van der Waals surface area contributed by atoms with E-state index in [0.29, 0.717) is 33.8 Å². The van der Waals surface area contributed by atoms with E-state index in [-0.39, 0.29) is 0 Å². The van der Waals surface area contributed by atoms with Crippen molar-refractivity contribution in [1.29, 1.82) is 5.26 Å². The van der Waals surface area contributed by atoms with Crippen LogP contribution in [0.1, 0.15) is 31.0 Å². The van der Waals surface area contributed by atoms with Crippen molar-refractivity contribution in [3.63, 3.8) is 0 Å². The van der Waals surface area contributed by atoms with Gasteiger partial charge in [0.05, 0.1) is 22.3 Å². The highest BCUT2D eigenvalue weighted by Gasteiger charge is 2.14. The molecule has 0 fully saturated rings. The smallest absolute Gasteiger partial charge is 0.135 e. The Labute approximate surface area is 166 Å². The molecule has 3 aromatic heterocycles. The fourth-order valence-electron chi connectivity index (χ4n) is 2.88. The van der Waals surface area contributed by atoms with Gasteiger partial charge in [-0.25, -0.2) is 19.6 Å². The molecule has 0 saturated carbocycles. The van der Waals surface area contributed by atoms with Crippen molar-refractivity contribution in [3.05, 3.63) is 65.3 Å². The van der Waals surface area contributed by atoms with E-state index in [0.717, 1.165) is 16.6 Å². The van der Waals surface area contributed by atoms with Crippen LogP contribution in [-0.4, -0.2) is 24.7 Å². The van der Waals surface area contributed by atoms with Crippen LogP contribution >= 0.6 is 11.6 Å². The molecule has 0 bridgehead atoms. The van der Waals surface area contributed by atoms with Crippen molar-refractivity contribution in [2.75, 3.05) is 5.32 Å². The summed E-state index contributed by atoms with van der Waals surface area (Å²) in [6.45, 7) is 4.15. The number of pyridine rings is 1. The summed E-state index contributed by atoms with van der Waals surface area (Å²) in [4.78, 5) is 13.0. The quantitative estimate of drug-likeness (QED) is 0.548. The number of aromatic nitrogens is 5. The van der Waals surface area contributed by atoms with Crippen LogP contribution in [-0.2, 0) is 0 Å². The summed E-state index contributed by atoms with van der Waals surface area (Å²) < 4.78 is 1.66. The van der Waals surface area contributed by atoms with Gasteiger partial charge in [-0.15, -0.1) is 0 Å². The van der Waals surface area contributed by atoms with Gasteiger partial charge in [0.25, 0.3) is 0 Å². The molecule has 4 rings (SSSR count). The maximum Gasteiger partial charge on any atom is 0.135 e. The summed E-state index contributed by atoms with van der Waals surface area (Å²) in [6.07, 6.45) is 4.94. The monoisotopic (exact) mass is 389 g/mol. The Morgan fingerprint density at radius 3 is 2.71 bits per heavy atom. The molecule has 0 amide bonds. The number of nitrogens with one attached hydrogen (secondary N) is 1. The third-order valence-electron chi connectivity index (χ3n) is 4.31. The zero-order chi connectivity index (χ0) is 19.7. The molecule has 0 aliphatic rings. The fraction of sp³-hybridized carbons (Fsp3) is 0.150. The van der Waals surface area contributed by atoms with Gasteiger partial charge in [0.15, 0.2) is 0 Å². The third-order valence-corrected chi connectivity index (χ3v) is 4.61. The van der Waals surface area contributed by atoms with E-state index in [1.807, 2.05) is 12.1 Å². The van der Waals surface area contributed by atoms with E-state index in [4.69, 9.17) is 11.6 Å². The number of nitriles is 1. The van der Waals surface area contributed by atoms with Crippen molar-refractivity contribution in [3.8, 4) is 11.8 Å². The molecule has 0 saturated heterocycles. The standard InChI is InChI=1S/C20H16ClN7/c1-12(2)16-6-18(25-11-24-16)27-19-7-17-14(9-23-19)10-26-28(17)20-13(8-22)4-3-5-15(20)21/h3-7,9-12H,1-2H3,(H,23,24,25,27). The maximum atomic E-state index is 9.45. The molecule has 7 nitrogen and oxygen atoms in total. The van der Waals surface area contributed by atoms with Crippen LogP contribution in [0.3, 0.4) is 0 Å². The van der Waals surface area contributed by atoms with E-state index in [1.165, 1.54) is 6.33 Å². The van der Waals surface area contributed by atoms with Gasteiger partial charge < -0.3 is 5.32 Å². The number of nitrogens with zero attached hydrogens (tertiary/aromatic N) is 6. The average molecular weight is 390 g/mol. The molecule has 28 heavy (non-hydrogen) atoms. The Bertz CT molecular complexity index is 1210. The Morgan fingerprint density at radius 2 is 1.93 bits per heavy atom. The first-order valence-electron chi connectivity index (χ1n) is 8.68. The first-order chi connectivity index (χ1) is 13.6. The van der Waals surface area contributed by atoms with Crippen molar-refractivity contribution < 1.29 is 0 Å². The normalized spacial score (nSPS) is 11.0. The molecule has 138 valence electrons. The number of halogens is 1. The van der Waals surface area contributed by atoms with Crippen LogP contribution in [0.5, 0.6) is 0 Å². The second kappa shape index (κ2) is 7.25.